The Labute approximate surface area is 58.4 Å². The molecule has 9 heavy (non-hydrogen) atoms. The van der Waals surface area contributed by atoms with Crippen LogP contribution in [0.5, 0.6) is 0 Å². The molecule has 54 valence electrons. The summed E-state index contributed by atoms with van der Waals surface area (Å²) in [6, 6.07) is 0. The van der Waals surface area contributed by atoms with Crippen LogP contribution in [0.1, 0.15) is 27.2 Å². The highest BCUT2D eigenvalue weighted by Gasteiger charge is 1.92. The fraction of sp³-hybridized carbons (Fsp3) is 0.750. The van der Waals surface area contributed by atoms with Crippen molar-refractivity contribution in [1.82, 2.24) is 4.90 Å². The molecule has 0 heterocycles. The summed E-state index contributed by atoms with van der Waals surface area (Å²) in [4.78, 5) is 2.26. The Bertz CT molecular complexity index is 94.7. The van der Waals surface area contributed by atoms with E-state index in [9.17, 15) is 0 Å². The van der Waals surface area contributed by atoms with Gasteiger partial charge in [0.05, 0.1) is 0 Å². The lowest BCUT2D eigenvalue weighted by Crippen LogP contribution is -2.16. The Morgan fingerprint density at radius 2 is 2.11 bits per heavy atom. The highest BCUT2D eigenvalue weighted by atomic mass is 15.1. The SMILES string of the molecule is C/C=C(\C)N(C)CCC. The van der Waals surface area contributed by atoms with E-state index in [0.29, 0.717) is 0 Å². The van der Waals surface area contributed by atoms with Crippen LogP contribution in [0.2, 0.25) is 0 Å². The molecule has 0 aliphatic carbocycles. The first kappa shape index (κ1) is 8.54. The minimum absolute atomic E-state index is 1.16. The van der Waals surface area contributed by atoms with Crippen molar-refractivity contribution >= 4 is 0 Å². The second-order valence-corrected chi connectivity index (χ2v) is 2.35. The maximum Gasteiger partial charge on any atom is 0.0168 e. The van der Waals surface area contributed by atoms with E-state index >= 15 is 0 Å². The number of hydrogen-bond acceptors (Lipinski definition) is 1. The van der Waals surface area contributed by atoms with E-state index in [1.165, 1.54) is 12.1 Å². The molecule has 0 aliphatic rings. The van der Waals surface area contributed by atoms with Crippen LogP contribution in [0.15, 0.2) is 11.8 Å². The van der Waals surface area contributed by atoms with Crippen molar-refractivity contribution in [3.63, 3.8) is 0 Å². The normalized spacial score (nSPS) is 11.8. The zero-order valence-electron chi connectivity index (χ0n) is 6.94. The standard InChI is InChI=1S/C8H17N/c1-5-7-9(4)8(3)6-2/h6H,5,7H2,1-4H3/b8-6+. The number of allylic oxidation sites excluding steroid dienone is 2. The monoisotopic (exact) mass is 127 g/mol. The van der Waals surface area contributed by atoms with E-state index in [4.69, 9.17) is 0 Å². The smallest absolute Gasteiger partial charge is 0.0168 e. The topological polar surface area (TPSA) is 3.24 Å². The average molecular weight is 127 g/mol. The Kier molecular flexibility index (Phi) is 4.20. The van der Waals surface area contributed by atoms with Crippen LogP contribution in [0.25, 0.3) is 0 Å². The zero-order valence-corrected chi connectivity index (χ0v) is 6.94. The van der Waals surface area contributed by atoms with Crippen LogP contribution in [-0.2, 0) is 0 Å². The summed E-state index contributed by atoms with van der Waals surface area (Å²) in [6.07, 6.45) is 3.36. The summed E-state index contributed by atoms with van der Waals surface area (Å²) >= 11 is 0. The van der Waals surface area contributed by atoms with Gasteiger partial charge in [-0.2, -0.15) is 0 Å². The summed E-state index contributed by atoms with van der Waals surface area (Å²) < 4.78 is 0. The van der Waals surface area contributed by atoms with Crippen LogP contribution in [0.3, 0.4) is 0 Å². The molecule has 0 spiro atoms. The average Bonchev–Trinajstić information content (AvgIpc) is 1.87. The highest BCUT2D eigenvalue weighted by Crippen LogP contribution is 1.98. The van der Waals surface area contributed by atoms with Gasteiger partial charge in [0.1, 0.15) is 0 Å². The maximum atomic E-state index is 2.26. The predicted octanol–water partition coefficient (Wildman–Crippen LogP) is 2.25. The second kappa shape index (κ2) is 4.42. The maximum absolute atomic E-state index is 2.26. The lowest BCUT2D eigenvalue weighted by molar-refractivity contribution is 0.417. The van der Waals surface area contributed by atoms with E-state index in [-0.39, 0.29) is 0 Å². The Morgan fingerprint density at radius 1 is 1.56 bits per heavy atom. The molecule has 0 aromatic carbocycles. The van der Waals surface area contributed by atoms with Gasteiger partial charge in [0.2, 0.25) is 0 Å². The van der Waals surface area contributed by atoms with Gasteiger partial charge < -0.3 is 4.90 Å². The van der Waals surface area contributed by atoms with Gasteiger partial charge in [0.25, 0.3) is 0 Å². The molecule has 0 radical (unpaired) electrons. The van der Waals surface area contributed by atoms with Crippen molar-refractivity contribution < 1.29 is 0 Å². The third-order valence-electron chi connectivity index (χ3n) is 1.58. The lowest BCUT2D eigenvalue weighted by atomic mass is 10.3. The second-order valence-electron chi connectivity index (χ2n) is 2.35. The van der Waals surface area contributed by atoms with E-state index in [2.05, 4.69) is 38.8 Å². The molecule has 0 unspecified atom stereocenters. The predicted molar refractivity (Wildman–Crippen MR) is 42.4 cm³/mol. The molecule has 0 aliphatic heterocycles. The number of nitrogens with zero attached hydrogens (tertiary/aromatic N) is 1. The molecule has 0 rings (SSSR count). The molecule has 0 fully saturated rings. The first-order valence-electron chi connectivity index (χ1n) is 3.56. The molecule has 1 nitrogen and oxygen atoms in total. The van der Waals surface area contributed by atoms with E-state index in [1.807, 2.05) is 0 Å². The minimum Gasteiger partial charge on any atom is -0.378 e. The van der Waals surface area contributed by atoms with Gasteiger partial charge in [0.15, 0.2) is 0 Å². The van der Waals surface area contributed by atoms with Gasteiger partial charge in [-0.15, -0.1) is 0 Å². The van der Waals surface area contributed by atoms with Gasteiger partial charge in [-0.3, -0.25) is 0 Å². The largest absolute Gasteiger partial charge is 0.378 e. The summed E-state index contributed by atoms with van der Waals surface area (Å²) in [7, 11) is 2.12. The summed E-state index contributed by atoms with van der Waals surface area (Å²) in [5.74, 6) is 0. The number of rotatable bonds is 3. The van der Waals surface area contributed by atoms with Crippen LogP contribution in [0.4, 0.5) is 0 Å². The molecule has 0 saturated carbocycles. The van der Waals surface area contributed by atoms with Crippen LogP contribution in [0, 0.1) is 0 Å². The van der Waals surface area contributed by atoms with Gasteiger partial charge in [-0.05, 0) is 20.3 Å². The Morgan fingerprint density at radius 3 is 2.44 bits per heavy atom. The Balaban J connectivity index is 3.59. The minimum atomic E-state index is 1.16. The molecular weight excluding hydrogens is 110 g/mol. The Hall–Kier alpha value is -0.460. The quantitative estimate of drug-likeness (QED) is 0.562. The highest BCUT2D eigenvalue weighted by molar-refractivity contribution is 4.93. The van der Waals surface area contributed by atoms with Crippen LogP contribution < -0.4 is 0 Å². The summed E-state index contributed by atoms with van der Waals surface area (Å²) in [6.45, 7) is 7.56. The van der Waals surface area contributed by atoms with Gasteiger partial charge in [0, 0.05) is 19.3 Å². The molecule has 0 aromatic rings. The van der Waals surface area contributed by atoms with Crippen molar-refractivity contribution in [3.05, 3.63) is 11.8 Å². The molecule has 0 aromatic heterocycles. The molecule has 0 saturated heterocycles. The zero-order chi connectivity index (χ0) is 7.28. The van der Waals surface area contributed by atoms with E-state index < -0.39 is 0 Å². The van der Waals surface area contributed by atoms with Crippen molar-refractivity contribution in [1.29, 1.82) is 0 Å². The third-order valence-corrected chi connectivity index (χ3v) is 1.58. The molecule has 1 heteroatoms. The third kappa shape index (κ3) is 3.17. The molecule has 0 amide bonds. The molecule has 0 N–H and O–H groups in total. The van der Waals surface area contributed by atoms with Crippen molar-refractivity contribution in [3.8, 4) is 0 Å². The van der Waals surface area contributed by atoms with Crippen LogP contribution >= 0.6 is 0 Å². The molecular formula is C8H17N. The van der Waals surface area contributed by atoms with Crippen molar-refractivity contribution in [2.24, 2.45) is 0 Å². The fourth-order valence-corrected chi connectivity index (χ4v) is 0.732. The van der Waals surface area contributed by atoms with Crippen molar-refractivity contribution in [2.75, 3.05) is 13.6 Å². The van der Waals surface area contributed by atoms with Crippen LogP contribution in [-0.4, -0.2) is 18.5 Å². The van der Waals surface area contributed by atoms with Gasteiger partial charge in [-0.25, -0.2) is 0 Å². The summed E-state index contributed by atoms with van der Waals surface area (Å²) in [5.41, 5.74) is 1.36. The summed E-state index contributed by atoms with van der Waals surface area (Å²) in [5, 5.41) is 0. The fourth-order valence-electron chi connectivity index (χ4n) is 0.732. The first-order valence-corrected chi connectivity index (χ1v) is 3.56. The van der Waals surface area contributed by atoms with E-state index in [1.54, 1.807) is 0 Å². The lowest BCUT2D eigenvalue weighted by Gasteiger charge is -2.17. The molecule has 0 atom stereocenters. The van der Waals surface area contributed by atoms with Crippen molar-refractivity contribution in [2.45, 2.75) is 27.2 Å². The van der Waals surface area contributed by atoms with Gasteiger partial charge in [-0.1, -0.05) is 13.0 Å². The number of hydrogen-bond donors (Lipinski definition) is 0. The van der Waals surface area contributed by atoms with E-state index in [0.717, 1.165) is 6.54 Å². The molecule has 0 bridgehead atoms. The van der Waals surface area contributed by atoms with Gasteiger partial charge >= 0.3 is 0 Å². The first-order chi connectivity index (χ1) is 4.22.